The van der Waals surface area contributed by atoms with Crippen molar-refractivity contribution in [2.24, 2.45) is 5.92 Å². The van der Waals surface area contributed by atoms with Crippen molar-refractivity contribution in [2.75, 3.05) is 62.4 Å². The van der Waals surface area contributed by atoms with Gasteiger partial charge in [-0.25, -0.2) is 0 Å². The molecule has 4 aliphatic rings. The molecule has 0 saturated carbocycles. The van der Waals surface area contributed by atoms with Crippen LogP contribution >= 0.6 is 23.5 Å². The first-order valence-corrected chi connectivity index (χ1v) is 13.0. The zero-order chi connectivity index (χ0) is 18.9. The molecule has 1 aromatic heterocycles. The summed E-state index contributed by atoms with van der Waals surface area (Å²) in [6, 6.07) is 5.08. The molecule has 5 heterocycles. The summed E-state index contributed by atoms with van der Waals surface area (Å²) in [6.45, 7) is 7.39. The lowest BCUT2D eigenvalue weighted by atomic mass is 9.82. The second kappa shape index (κ2) is 8.72. The molecule has 7 heteroatoms. The molecule has 2 atom stereocenters. The van der Waals surface area contributed by atoms with E-state index in [1.807, 2.05) is 0 Å². The van der Waals surface area contributed by atoms with Crippen molar-refractivity contribution >= 4 is 23.5 Å². The lowest BCUT2D eigenvalue weighted by Gasteiger charge is -2.45. The van der Waals surface area contributed by atoms with E-state index in [-0.39, 0.29) is 5.56 Å². The minimum atomic E-state index is 0.257. The molecule has 0 aromatic carbocycles. The molecule has 3 fully saturated rings. The predicted molar refractivity (Wildman–Crippen MR) is 118 cm³/mol. The molecule has 3 saturated heterocycles. The van der Waals surface area contributed by atoms with E-state index in [4.69, 9.17) is 4.74 Å². The smallest absolute Gasteiger partial charge is 0.255 e. The molecule has 5 rings (SSSR count). The topological polar surface area (TPSA) is 37.7 Å². The highest BCUT2D eigenvalue weighted by Gasteiger charge is 2.37. The number of hydrogen-bond acceptors (Lipinski definition) is 6. The van der Waals surface area contributed by atoms with Crippen LogP contribution in [0.1, 0.15) is 23.6 Å². The highest BCUT2D eigenvalue weighted by molar-refractivity contribution is 8.03. The van der Waals surface area contributed by atoms with Gasteiger partial charge >= 0.3 is 0 Å². The van der Waals surface area contributed by atoms with Gasteiger partial charge in [-0.05, 0) is 18.4 Å². The summed E-state index contributed by atoms with van der Waals surface area (Å²) in [5, 5.41) is 0. The molecule has 28 heavy (non-hydrogen) atoms. The van der Waals surface area contributed by atoms with E-state index in [0.29, 0.717) is 17.9 Å². The maximum atomic E-state index is 13.2. The van der Waals surface area contributed by atoms with Crippen LogP contribution in [-0.4, -0.2) is 82.8 Å². The van der Waals surface area contributed by atoms with Gasteiger partial charge in [-0.1, -0.05) is 6.07 Å². The molecule has 2 bridgehead atoms. The minimum absolute atomic E-state index is 0.257. The molecule has 5 nitrogen and oxygen atoms in total. The third-order valence-corrected chi connectivity index (χ3v) is 9.20. The van der Waals surface area contributed by atoms with Gasteiger partial charge in [0.1, 0.15) is 0 Å². The first kappa shape index (κ1) is 19.5. The molecular formula is C21H31N3O2S2. The Balaban J connectivity index is 1.34. The van der Waals surface area contributed by atoms with Gasteiger partial charge in [-0.15, -0.1) is 0 Å². The van der Waals surface area contributed by atoms with Crippen molar-refractivity contribution in [1.29, 1.82) is 0 Å². The van der Waals surface area contributed by atoms with Gasteiger partial charge in [0, 0.05) is 85.5 Å². The van der Waals surface area contributed by atoms with Gasteiger partial charge in [-0.3, -0.25) is 14.6 Å². The molecule has 0 spiro atoms. The Labute approximate surface area is 176 Å². The molecule has 0 aliphatic carbocycles. The van der Waals surface area contributed by atoms with Crippen LogP contribution in [0.2, 0.25) is 0 Å². The van der Waals surface area contributed by atoms with E-state index in [1.54, 1.807) is 0 Å². The fourth-order valence-electron chi connectivity index (χ4n) is 5.26. The number of piperidine rings is 1. The van der Waals surface area contributed by atoms with Gasteiger partial charge < -0.3 is 9.30 Å². The molecule has 0 amide bonds. The van der Waals surface area contributed by atoms with Crippen LogP contribution in [0, 0.1) is 5.92 Å². The van der Waals surface area contributed by atoms with Gasteiger partial charge in [0.15, 0.2) is 0 Å². The van der Waals surface area contributed by atoms with Gasteiger partial charge in [0.25, 0.3) is 5.56 Å². The third-order valence-electron chi connectivity index (χ3n) is 6.72. The molecule has 0 N–H and O–H groups in total. The Bertz CT molecular complexity index is 742. The van der Waals surface area contributed by atoms with E-state index < -0.39 is 0 Å². The van der Waals surface area contributed by atoms with Crippen LogP contribution in [0.5, 0.6) is 0 Å². The van der Waals surface area contributed by atoms with E-state index >= 15 is 0 Å². The van der Waals surface area contributed by atoms with Crippen molar-refractivity contribution in [3.63, 3.8) is 0 Å². The van der Waals surface area contributed by atoms with E-state index in [1.165, 1.54) is 41.7 Å². The Kier molecular flexibility index (Phi) is 6.07. The molecule has 154 valence electrons. The van der Waals surface area contributed by atoms with Crippen LogP contribution in [0.25, 0.3) is 0 Å². The quantitative estimate of drug-likeness (QED) is 0.743. The number of nitrogens with zero attached hydrogens (tertiary/aromatic N) is 3. The van der Waals surface area contributed by atoms with Gasteiger partial charge in [-0.2, -0.15) is 23.5 Å². The average Bonchev–Trinajstić information content (AvgIpc) is 3.01. The average molecular weight is 422 g/mol. The van der Waals surface area contributed by atoms with Crippen molar-refractivity contribution in [3.05, 3.63) is 33.7 Å². The maximum absolute atomic E-state index is 13.2. The SMILES string of the molecule is O=c1c(CN2CCOCC2)ccc2n1C[C@H]1C[C@@H]2CN(C2CSCCSC2)C1. The molecule has 1 aromatic rings. The highest BCUT2D eigenvalue weighted by Crippen LogP contribution is 2.37. The van der Waals surface area contributed by atoms with E-state index in [9.17, 15) is 4.79 Å². The fraction of sp³-hybridized carbons (Fsp3) is 0.762. The van der Waals surface area contributed by atoms with Crippen molar-refractivity contribution < 1.29 is 4.74 Å². The zero-order valence-corrected chi connectivity index (χ0v) is 18.2. The first-order valence-electron chi connectivity index (χ1n) is 10.7. The summed E-state index contributed by atoms with van der Waals surface area (Å²) in [4.78, 5) is 18.3. The van der Waals surface area contributed by atoms with Crippen molar-refractivity contribution in [1.82, 2.24) is 14.4 Å². The predicted octanol–water partition coefficient (Wildman–Crippen LogP) is 1.95. The summed E-state index contributed by atoms with van der Waals surface area (Å²) in [5.41, 5.74) is 2.50. The Morgan fingerprint density at radius 1 is 1.04 bits per heavy atom. The standard InChI is InChI=1S/C21H31N3O2S2/c25-21-17(12-22-3-5-26-6-4-22)1-2-20-18-9-16(11-24(20)21)10-23(13-18)19-14-27-7-8-28-15-19/h1-2,16,18-19H,3-15H2/t16-,18+/m0/s1. The Morgan fingerprint density at radius 2 is 1.82 bits per heavy atom. The number of fused-ring (bicyclic) bond motifs is 4. The maximum Gasteiger partial charge on any atom is 0.255 e. The van der Waals surface area contributed by atoms with Crippen LogP contribution in [0.3, 0.4) is 0 Å². The van der Waals surface area contributed by atoms with E-state index in [0.717, 1.165) is 51.5 Å². The van der Waals surface area contributed by atoms with Crippen LogP contribution in [0.15, 0.2) is 16.9 Å². The second-order valence-corrected chi connectivity index (χ2v) is 10.9. The summed E-state index contributed by atoms with van der Waals surface area (Å²) >= 11 is 4.24. The normalized spacial score (nSPS) is 30.0. The van der Waals surface area contributed by atoms with Gasteiger partial charge in [0.2, 0.25) is 0 Å². The Morgan fingerprint density at radius 3 is 2.61 bits per heavy atom. The van der Waals surface area contributed by atoms with Gasteiger partial charge in [0.05, 0.1) is 13.2 Å². The number of rotatable bonds is 3. The molecular weight excluding hydrogens is 390 g/mol. The Hall–Kier alpha value is -0.470. The number of thioether (sulfide) groups is 2. The molecule has 4 aliphatic heterocycles. The molecule has 0 unspecified atom stereocenters. The van der Waals surface area contributed by atoms with Crippen LogP contribution in [-0.2, 0) is 17.8 Å². The number of hydrogen-bond donors (Lipinski definition) is 0. The third kappa shape index (κ3) is 4.06. The lowest BCUT2D eigenvalue weighted by molar-refractivity contribution is 0.0338. The van der Waals surface area contributed by atoms with E-state index in [2.05, 4.69) is 50.0 Å². The van der Waals surface area contributed by atoms with Crippen LogP contribution < -0.4 is 5.56 Å². The second-order valence-electron chi connectivity index (χ2n) is 8.64. The van der Waals surface area contributed by atoms with Crippen LogP contribution in [0.4, 0.5) is 0 Å². The fourth-order valence-corrected chi connectivity index (χ4v) is 7.89. The number of ether oxygens (including phenoxy) is 1. The number of morpholine rings is 1. The summed E-state index contributed by atoms with van der Waals surface area (Å²) < 4.78 is 7.57. The highest BCUT2D eigenvalue weighted by atomic mass is 32.2. The number of likely N-dealkylation sites (tertiary alicyclic amines) is 1. The van der Waals surface area contributed by atoms with Crippen molar-refractivity contribution in [2.45, 2.75) is 31.5 Å². The summed E-state index contributed by atoms with van der Waals surface area (Å²) in [5.74, 6) is 6.30. The number of aromatic nitrogens is 1. The molecule has 0 radical (unpaired) electrons. The summed E-state index contributed by atoms with van der Waals surface area (Å²) in [7, 11) is 0. The number of pyridine rings is 1. The first-order chi connectivity index (χ1) is 13.8. The van der Waals surface area contributed by atoms with Crippen molar-refractivity contribution in [3.8, 4) is 0 Å². The lowest BCUT2D eigenvalue weighted by Crippen LogP contribution is -2.52. The zero-order valence-electron chi connectivity index (χ0n) is 16.6. The monoisotopic (exact) mass is 421 g/mol. The largest absolute Gasteiger partial charge is 0.379 e. The summed E-state index contributed by atoms with van der Waals surface area (Å²) in [6.07, 6.45) is 1.26. The minimum Gasteiger partial charge on any atom is -0.379 e.